The van der Waals surface area contributed by atoms with Crippen molar-refractivity contribution in [2.24, 2.45) is 10.8 Å². The van der Waals surface area contributed by atoms with Crippen LogP contribution in [0.2, 0.25) is 0 Å². The first-order valence-electron chi connectivity index (χ1n) is 4.89. The van der Waals surface area contributed by atoms with Crippen LogP contribution in [0.3, 0.4) is 0 Å². The van der Waals surface area contributed by atoms with Crippen molar-refractivity contribution in [2.45, 2.75) is 0 Å². The van der Waals surface area contributed by atoms with Gasteiger partial charge in [-0.3, -0.25) is 5.43 Å². The van der Waals surface area contributed by atoms with Gasteiger partial charge in [0, 0.05) is 16.1 Å². The van der Waals surface area contributed by atoms with Crippen LogP contribution in [0, 0.1) is 0 Å². The molecule has 0 saturated carbocycles. The lowest BCUT2D eigenvalue weighted by Gasteiger charge is -2.11. The summed E-state index contributed by atoms with van der Waals surface area (Å²) in [5, 5.41) is 3.07. The average molecular weight is 366 g/mol. The van der Waals surface area contributed by atoms with Gasteiger partial charge >= 0.3 is 0 Å². The van der Waals surface area contributed by atoms with E-state index in [0.717, 1.165) is 14.6 Å². The van der Waals surface area contributed by atoms with Crippen LogP contribution in [0.1, 0.15) is 0 Å². The van der Waals surface area contributed by atoms with Crippen LogP contribution in [-0.2, 0) is 4.74 Å². The summed E-state index contributed by atoms with van der Waals surface area (Å²) in [6.07, 6.45) is 0. The second kappa shape index (κ2) is 7.65. The lowest BCUT2D eigenvalue weighted by molar-refractivity contribution is 0.208. The number of aliphatic imine (C=N–C) groups is 1. The van der Waals surface area contributed by atoms with Crippen molar-refractivity contribution in [1.29, 1.82) is 0 Å². The third-order valence-electron chi connectivity index (χ3n) is 1.89. The highest BCUT2D eigenvalue weighted by Gasteiger charge is 2.02. The van der Waals surface area contributed by atoms with Gasteiger partial charge in [0.05, 0.1) is 18.8 Å². The van der Waals surface area contributed by atoms with E-state index >= 15 is 0 Å². The Labute approximate surface area is 117 Å². The molecule has 7 heteroatoms. The molecule has 94 valence electrons. The number of benzene rings is 1. The Morgan fingerprint density at radius 1 is 1.47 bits per heavy atom. The summed E-state index contributed by atoms with van der Waals surface area (Å²) in [6, 6.07) is 5.78. The topological polar surface area (TPSA) is 71.7 Å². The van der Waals surface area contributed by atoms with Crippen molar-refractivity contribution in [3.8, 4) is 0 Å². The van der Waals surface area contributed by atoms with Gasteiger partial charge in [0.15, 0.2) is 0 Å². The predicted molar refractivity (Wildman–Crippen MR) is 77.0 cm³/mol. The zero-order valence-electron chi connectivity index (χ0n) is 9.34. The van der Waals surface area contributed by atoms with Gasteiger partial charge in [0.25, 0.3) is 0 Å². The number of hydrazine groups is 1. The van der Waals surface area contributed by atoms with E-state index in [2.05, 4.69) is 47.6 Å². The molecule has 0 aliphatic rings. The Balaban J connectivity index is 2.70. The van der Waals surface area contributed by atoms with Crippen LogP contribution < -0.4 is 16.6 Å². The summed E-state index contributed by atoms with van der Waals surface area (Å²) in [5.41, 5.74) is 3.38. The van der Waals surface area contributed by atoms with E-state index in [4.69, 9.17) is 10.6 Å². The Hall–Kier alpha value is -0.630. The van der Waals surface area contributed by atoms with Gasteiger partial charge in [-0.05, 0) is 34.1 Å². The van der Waals surface area contributed by atoms with Crippen LogP contribution in [-0.4, -0.2) is 26.2 Å². The quantitative estimate of drug-likeness (QED) is 0.251. The van der Waals surface area contributed by atoms with E-state index < -0.39 is 0 Å². The summed E-state index contributed by atoms with van der Waals surface area (Å²) < 4.78 is 6.82. The first-order chi connectivity index (χ1) is 8.17. The minimum Gasteiger partial charge on any atom is -0.383 e. The Morgan fingerprint density at radius 3 is 2.82 bits per heavy atom. The molecule has 4 N–H and O–H groups in total. The standard InChI is InChI=1S/C10H14Br2N4O/c1-17-5-4-14-10(16-13)15-9-3-2-7(11)6-8(9)12/h2-3,6H,4-5,13H2,1H3,(H2,14,15,16). The average Bonchev–Trinajstić information content (AvgIpc) is 2.31. The third-order valence-corrected chi connectivity index (χ3v) is 3.04. The normalized spacial score (nSPS) is 11.4. The molecule has 0 spiro atoms. The fourth-order valence-electron chi connectivity index (χ4n) is 1.09. The summed E-state index contributed by atoms with van der Waals surface area (Å²) >= 11 is 6.83. The predicted octanol–water partition coefficient (Wildman–Crippen LogP) is 2.09. The van der Waals surface area contributed by atoms with Gasteiger partial charge in [-0.1, -0.05) is 15.9 Å². The number of nitrogens with two attached hydrogens (primary N) is 1. The van der Waals surface area contributed by atoms with Crippen LogP contribution in [0.15, 0.2) is 32.1 Å². The Kier molecular flexibility index (Phi) is 6.49. The molecule has 0 atom stereocenters. The van der Waals surface area contributed by atoms with Gasteiger partial charge < -0.3 is 10.1 Å². The molecule has 0 amide bonds. The fraction of sp³-hybridized carbons (Fsp3) is 0.300. The zero-order valence-corrected chi connectivity index (χ0v) is 12.5. The zero-order chi connectivity index (χ0) is 12.7. The molecule has 0 bridgehead atoms. The fourth-order valence-corrected chi connectivity index (χ4v) is 2.23. The molecule has 0 heterocycles. The van der Waals surface area contributed by atoms with E-state index in [0.29, 0.717) is 19.1 Å². The van der Waals surface area contributed by atoms with Crippen molar-refractivity contribution in [3.63, 3.8) is 0 Å². The van der Waals surface area contributed by atoms with Gasteiger partial charge in [-0.2, -0.15) is 0 Å². The van der Waals surface area contributed by atoms with Gasteiger partial charge in [0.2, 0.25) is 5.96 Å². The first kappa shape index (κ1) is 14.4. The summed E-state index contributed by atoms with van der Waals surface area (Å²) in [7, 11) is 1.63. The van der Waals surface area contributed by atoms with Crippen molar-refractivity contribution in [3.05, 3.63) is 27.1 Å². The van der Waals surface area contributed by atoms with E-state index in [-0.39, 0.29) is 0 Å². The van der Waals surface area contributed by atoms with Gasteiger partial charge in [-0.15, -0.1) is 0 Å². The highest BCUT2D eigenvalue weighted by Crippen LogP contribution is 2.25. The number of halogens is 2. The molecule has 1 aromatic carbocycles. The second-order valence-electron chi connectivity index (χ2n) is 3.12. The molecular formula is C10H14Br2N4O. The minimum atomic E-state index is 0.491. The maximum Gasteiger partial charge on any atom is 0.210 e. The molecule has 0 aliphatic carbocycles. The van der Waals surface area contributed by atoms with Gasteiger partial charge in [-0.25, -0.2) is 10.8 Å². The van der Waals surface area contributed by atoms with E-state index in [1.165, 1.54) is 0 Å². The monoisotopic (exact) mass is 364 g/mol. The minimum absolute atomic E-state index is 0.491. The summed E-state index contributed by atoms with van der Waals surface area (Å²) in [4.78, 5) is 4.20. The van der Waals surface area contributed by atoms with Crippen molar-refractivity contribution >= 4 is 43.5 Å². The number of methoxy groups -OCH3 is 1. The number of ether oxygens (including phenoxy) is 1. The molecule has 0 radical (unpaired) electrons. The van der Waals surface area contributed by atoms with Crippen molar-refractivity contribution < 1.29 is 4.74 Å². The Morgan fingerprint density at radius 2 is 2.24 bits per heavy atom. The maximum atomic E-state index is 5.37. The molecule has 1 rings (SSSR count). The van der Waals surface area contributed by atoms with Crippen LogP contribution >= 0.6 is 31.9 Å². The highest BCUT2D eigenvalue weighted by atomic mass is 79.9. The largest absolute Gasteiger partial charge is 0.383 e. The number of nitrogens with one attached hydrogen (secondary N) is 2. The molecule has 0 aliphatic heterocycles. The number of rotatable bonds is 4. The summed E-state index contributed by atoms with van der Waals surface area (Å²) in [5.74, 6) is 5.86. The Bertz CT molecular complexity index is 398. The SMILES string of the molecule is COCCN=C(NN)Nc1ccc(Br)cc1Br. The number of hydrogen-bond donors (Lipinski definition) is 3. The van der Waals surface area contributed by atoms with Crippen LogP contribution in [0.25, 0.3) is 0 Å². The number of anilines is 1. The lowest BCUT2D eigenvalue weighted by Crippen LogP contribution is -2.36. The van der Waals surface area contributed by atoms with Gasteiger partial charge in [0.1, 0.15) is 0 Å². The van der Waals surface area contributed by atoms with E-state index in [1.54, 1.807) is 7.11 Å². The maximum absolute atomic E-state index is 5.37. The molecule has 0 aromatic heterocycles. The number of hydrogen-bond acceptors (Lipinski definition) is 3. The molecule has 17 heavy (non-hydrogen) atoms. The number of guanidine groups is 1. The lowest BCUT2D eigenvalue weighted by atomic mass is 10.3. The number of nitrogens with zero attached hydrogens (tertiary/aromatic N) is 1. The van der Waals surface area contributed by atoms with Crippen molar-refractivity contribution in [2.75, 3.05) is 25.6 Å². The van der Waals surface area contributed by atoms with Crippen LogP contribution in [0.5, 0.6) is 0 Å². The second-order valence-corrected chi connectivity index (χ2v) is 4.89. The highest BCUT2D eigenvalue weighted by molar-refractivity contribution is 9.11. The first-order valence-corrected chi connectivity index (χ1v) is 6.48. The molecular weight excluding hydrogens is 352 g/mol. The van der Waals surface area contributed by atoms with Crippen LogP contribution in [0.4, 0.5) is 5.69 Å². The molecule has 1 aromatic rings. The summed E-state index contributed by atoms with van der Waals surface area (Å²) in [6.45, 7) is 1.09. The molecule has 5 nitrogen and oxygen atoms in total. The van der Waals surface area contributed by atoms with E-state index in [9.17, 15) is 0 Å². The van der Waals surface area contributed by atoms with E-state index in [1.807, 2.05) is 18.2 Å². The molecule has 0 saturated heterocycles. The van der Waals surface area contributed by atoms with Crippen molar-refractivity contribution in [1.82, 2.24) is 5.43 Å². The smallest absolute Gasteiger partial charge is 0.210 e. The molecule has 0 unspecified atom stereocenters. The molecule has 0 fully saturated rings. The third kappa shape index (κ3) is 5.03.